The molecule has 0 radical (unpaired) electrons. The second-order valence-corrected chi connectivity index (χ2v) is 4.27. The van der Waals surface area contributed by atoms with Gasteiger partial charge in [0.05, 0.1) is 0 Å². The first kappa shape index (κ1) is 11.7. The summed E-state index contributed by atoms with van der Waals surface area (Å²) < 4.78 is 0. The van der Waals surface area contributed by atoms with Gasteiger partial charge in [-0.15, -0.1) is 0 Å². The van der Waals surface area contributed by atoms with E-state index in [-0.39, 0.29) is 0 Å². The molecule has 2 rings (SSSR count). The molecule has 0 amide bonds. The Balaban J connectivity index is 2.36. The first-order chi connectivity index (χ1) is 8.20. The molecule has 0 aliphatic rings. The summed E-state index contributed by atoms with van der Waals surface area (Å²) in [4.78, 5) is 8.81. The van der Waals surface area contributed by atoms with E-state index >= 15 is 0 Å². The Bertz CT molecular complexity index is 503. The largest absolute Gasteiger partial charge is 0.330 e. The van der Waals surface area contributed by atoms with Crippen LogP contribution in [0.1, 0.15) is 16.7 Å². The van der Waals surface area contributed by atoms with Gasteiger partial charge in [-0.05, 0) is 44.0 Å². The summed E-state index contributed by atoms with van der Waals surface area (Å²) in [5, 5.41) is 0. The molecule has 17 heavy (non-hydrogen) atoms. The maximum absolute atomic E-state index is 5.50. The van der Waals surface area contributed by atoms with Crippen LogP contribution < -0.4 is 5.73 Å². The second kappa shape index (κ2) is 5.06. The van der Waals surface area contributed by atoms with Gasteiger partial charge in [0.15, 0.2) is 5.82 Å². The van der Waals surface area contributed by atoms with Crippen LogP contribution in [0.4, 0.5) is 0 Å². The van der Waals surface area contributed by atoms with Crippen LogP contribution in [0.5, 0.6) is 0 Å². The highest BCUT2D eigenvalue weighted by molar-refractivity contribution is 5.60. The Morgan fingerprint density at radius 3 is 2.47 bits per heavy atom. The van der Waals surface area contributed by atoms with E-state index in [1.54, 1.807) is 0 Å². The predicted molar refractivity (Wildman–Crippen MR) is 69.7 cm³/mol. The summed E-state index contributed by atoms with van der Waals surface area (Å²) in [7, 11) is 0. The lowest BCUT2D eigenvalue weighted by Gasteiger charge is -2.06. The number of nitrogens with zero attached hydrogens (tertiary/aromatic N) is 2. The quantitative estimate of drug-likeness (QED) is 0.875. The second-order valence-electron chi connectivity index (χ2n) is 4.27. The number of rotatable bonds is 3. The van der Waals surface area contributed by atoms with Crippen molar-refractivity contribution in [2.24, 2.45) is 5.73 Å². The van der Waals surface area contributed by atoms with Gasteiger partial charge in [0.25, 0.3) is 0 Å². The van der Waals surface area contributed by atoms with Crippen molar-refractivity contribution in [1.29, 1.82) is 0 Å². The first-order valence-corrected chi connectivity index (χ1v) is 5.79. The summed E-state index contributed by atoms with van der Waals surface area (Å²) in [5.74, 6) is 0.784. The molecule has 3 nitrogen and oxygen atoms in total. The Morgan fingerprint density at radius 2 is 1.82 bits per heavy atom. The number of hydrogen-bond donors (Lipinski definition) is 1. The Kier molecular flexibility index (Phi) is 3.49. The molecule has 0 saturated heterocycles. The van der Waals surface area contributed by atoms with Crippen molar-refractivity contribution >= 4 is 0 Å². The SMILES string of the molecule is Cc1ccc(C)c(-c2ncc(CCN)cn2)c1. The molecule has 88 valence electrons. The fourth-order valence-electron chi connectivity index (χ4n) is 1.77. The van der Waals surface area contributed by atoms with Gasteiger partial charge in [-0.1, -0.05) is 17.7 Å². The Hall–Kier alpha value is -1.74. The van der Waals surface area contributed by atoms with E-state index in [1.165, 1.54) is 11.1 Å². The lowest BCUT2D eigenvalue weighted by molar-refractivity contribution is 0.943. The van der Waals surface area contributed by atoms with E-state index in [0.717, 1.165) is 23.4 Å². The van der Waals surface area contributed by atoms with E-state index in [0.29, 0.717) is 6.54 Å². The fourth-order valence-corrected chi connectivity index (χ4v) is 1.77. The summed E-state index contributed by atoms with van der Waals surface area (Å²) in [6.45, 7) is 4.78. The normalized spacial score (nSPS) is 10.5. The molecule has 0 unspecified atom stereocenters. The summed E-state index contributed by atoms with van der Waals surface area (Å²) in [6, 6.07) is 6.32. The van der Waals surface area contributed by atoms with Crippen LogP contribution in [0.15, 0.2) is 30.6 Å². The van der Waals surface area contributed by atoms with E-state index in [1.807, 2.05) is 12.4 Å². The minimum Gasteiger partial charge on any atom is -0.330 e. The first-order valence-electron chi connectivity index (χ1n) is 5.79. The Morgan fingerprint density at radius 1 is 1.12 bits per heavy atom. The lowest BCUT2D eigenvalue weighted by Crippen LogP contribution is -2.04. The molecule has 0 bridgehead atoms. The van der Waals surface area contributed by atoms with Crippen molar-refractivity contribution in [3.8, 4) is 11.4 Å². The van der Waals surface area contributed by atoms with E-state index in [9.17, 15) is 0 Å². The number of nitrogens with two attached hydrogens (primary N) is 1. The molecule has 1 aromatic carbocycles. The molecular formula is C14H17N3. The topological polar surface area (TPSA) is 51.8 Å². The van der Waals surface area contributed by atoms with Crippen LogP contribution >= 0.6 is 0 Å². The Labute approximate surface area is 102 Å². The minimum absolute atomic E-state index is 0.631. The van der Waals surface area contributed by atoms with Crippen molar-refractivity contribution in [2.75, 3.05) is 6.54 Å². The molecule has 2 N–H and O–H groups in total. The molecule has 0 aliphatic heterocycles. The van der Waals surface area contributed by atoms with Crippen LogP contribution in [-0.4, -0.2) is 16.5 Å². The molecule has 0 spiro atoms. The van der Waals surface area contributed by atoms with Crippen molar-refractivity contribution in [3.63, 3.8) is 0 Å². The van der Waals surface area contributed by atoms with Gasteiger partial charge in [-0.2, -0.15) is 0 Å². The molecule has 0 aliphatic carbocycles. The minimum atomic E-state index is 0.631. The highest BCUT2D eigenvalue weighted by Crippen LogP contribution is 2.20. The van der Waals surface area contributed by atoms with E-state index in [2.05, 4.69) is 42.0 Å². The predicted octanol–water partition coefficient (Wildman–Crippen LogP) is 2.26. The van der Waals surface area contributed by atoms with Crippen molar-refractivity contribution in [3.05, 3.63) is 47.3 Å². The van der Waals surface area contributed by atoms with Gasteiger partial charge < -0.3 is 5.73 Å². The van der Waals surface area contributed by atoms with Crippen LogP contribution in [0.2, 0.25) is 0 Å². The molecule has 3 heteroatoms. The highest BCUT2D eigenvalue weighted by atomic mass is 14.9. The highest BCUT2D eigenvalue weighted by Gasteiger charge is 2.05. The number of aromatic nitrogens is 2. The zero-order valence-electron chi connectivity index (χ0n) is 10.3. The number of hydrogen-bond acceptors (Lipinski definition) is 3. The van der Waals surface area contributed by atoms with Crippen LogP contribution in [-0.2, 0) is 6.42 Å². The van der Waals surface area contributed by atoms with Crippen molar-refractivity contribution in [1.82, 2.24) is 9.97 Å². The molecule has 0 saturated carbocycles. The van der Waals surface area contributed by atoms with Gasteiger partial charge in [0, 0.05) is 18.0 Å². The van der Waals surface area contributed by atoms with E-state index < -0.39 is 0 Å². The average Bonchev–Trinajstić information content (AvgIpc) is 2.34. The zero-order chi connectivity index (χ0) is 12.3. The molecule has 0 fully saturated rings. The molecule has 2 aromatic rings. The standard InChI is InChI=1S/C14H17N3/c1-10-3-4-11(2)13(7-10)14-16-8-12(5-6-15)9-17-14/h3-4,7-9H,5-6,15H2,1-2H3. The van der Waals surface area contributed by atoms with Gasteiger partial charge in [0.2, 0.25) is 0 Å². The van der Waals surface area contributed by atoms with Crippen LogP contribution in [0, 0.1) is 13.8 Å². The molecule has 1 aromatic heterocycles. The van der Waals surface area contributed by atoms with Crippen LogP contribution in [0.3, 0.4) is 0 Å². The third kappa shape index (κ3) is 2.68. The fraction of sp³-hybridized carbons (Fsp3) is 0.286. The van der Waals surface area contributed by atoms with E-state index in [4.69, 9.17) is 5.73 Å². The van der Waals surface area contributed by atoms with Gasteiger partial charge in [0.1, 0.15) is 0 Å². The third-order valence-corrected chi connectivity index (χ3v) is 2.77. The summed E-state index contributed by atoms with van der Waals surface area (Å²) in [5.41, 5.74) is 10.1. The summed E-state index contributed by atoms with van der Waals surface area (Å²) >= 11 is 0. The molecule has 0 atom stereocenters. The van der Waals surface area contributed by atoms with Gasteiger partial charge in [-0.3, -0.25) is 0 Å². The summed E-state index contributed by atoms with van der Waals surface area (Å²) in [6.07, 6.45) is 4.54. The third-order valence-electron chi connectivity index (χ3n) is 2.77. The molecular weight excluding hydrogens is 210 g/mol. The monoisotopic (exact) mass is 227 g/mol. The van der Waals surface area contributed by atoms with Crippen molar-refractivity contribution in [2.45, 2.75) is 20.3 Å². The smallest absolute Gasteiger partial charge is 0.159 e. The number of aryl methyl sites for hydroxylation is 2. The number of benzene rings is 1. The average molecular weight is 227 g/mol. The van der Waals surface area contributed by atoms with Crippen molar-refractivity contribution < 1.29 is 0 Å². The zero-order valence-corrected chi connectivity index (χ0v) is 10.3. The molecule has 1 heterocycles. The maximum atomic E-state index is 5.50. The van der Waals surface area contributed by atoms with Crippen LogP contribution in [0.25, 0.3) is 11.4 Å². The van der Waals surface area contributed by atoms with Gasteiger partial charge >= 0.3 is 0 Å². The maximum Gasteiger partial charge on any atom is 0.159 e. The van der Waals surface area contributed by atoms with Gasteiger partial charge in [-0.25, -0.2) is 9.97 Å². The lowest BCUT2D eigenvalue weighted by atomic mass is 10.1.